The zero-order chi connectivity index (χ0) is 20.4. The Balaban J connectivity index is 1.52. The Kier molecular flexibility index (Phi) is 5.61. The van der Waals surface area contributed by atoms with E-state index in [-0.39, 0.29) is 12.2 Å². The van der Waals surface area contributed by atoms with Gasteiger partial charge in [-0.3, -0.25) is 19.7 Å². The summed E-state index contributed by atoms with van der Waals surface area (Å²) in [6, 6.07) is 9.63. The number of benzene rings is 1. The highest BCUT2D eigenvalue weighted by Gasteiger charge is 2.33. The lowest BCUT2D eigenvalue weighted by molar-refractivity contribution is -0.144. The molecule has 29 heavy (non-hydrogen) atoms. The normalized spacial score (nSPS) is 24.4. The Morgan fingerprint density at radius 1 is 1.41 bits per heavy atom. The smallest absolute Gasteiger partial charge is 0.309 e. The summed E-state index contributed by atoms with van der Waals surface area (Å²) < 4.78 is 7.34. The molecule has 4 rings (SSSR count). The van der Waals surface area contributed by atoms with Crippen molar-refractivity contribution in [3.8, 4) is 5.75 Å². The number of fused-ring (bicyclic) bond motifs is 1. The molecule has 0 spiro atoms. The summed E-state index contributed by atoms with van der Waals surface area (Å²) in [7, 11) is 1.65. The average Bonchev–Trinajstić information content (AvgIpc) is 3.13. The molecule has 1 aromatic heterocycles. The highest BCUT2D eigenvalue weighted by Crippen LogP contribution is 2.27. The molecule has 156 valence electrons. The Bertz CT molecular complexity index is 870. The lowest BCUT2D eigenvalue weighted by atomic mass is 9.92. The number of carboxylic acid groups (broad SMARTS) is 1. The largest absolute Gasteiger partial charge is 0.497 e. The Labute approximate surface area is 169 Å². The lowest BCUT2D eigenvalue weighted by Gasteiger charge is -2.35. The fourth-order valence-corrected chi connectivity index (χ4v) is 4.09. The quantitative estimate of drug-likeness (QED) is 0.487. The van der Waals surface area contributed by atoms with Gasteiger partial charge < -0.3 is 26.3 Å². The van der Waals surface area contributed by atoms with Crippen molar-refractivity contribution in [2.75, 3.05) is 37.6 Å². The zero-order valence-electron chi connectivity index (χ0n) is 16.5. The highest BCUT2D eigenvalue weighted by atomic mass is 16.5. The molecule has 0 bridgehead atoms. The summed E-state index contributed by atoms with van der Waals surface area (Å²) in [5, 5.41) is 16.4. The number of ether oxygens (including phenoxy) is 1. The van der Waals surface area contributed by atoms with Gasteiger partial charge in [0, 0.05) is 43.6 Å². The van der Waals surface area contributed by atoms with E-state index in [4.69, 9.17) is 10.5 Å². The van der Waals surface area contributed by atoms with Gasteiger partial charge in [0.15, 0.2) is 0 Å². The van der Waals surface area contributed by atoms with Gasteiger partial charge in [-0.05, 0) is 30.2 Å². The second-order valence-corrected chi connectivity index (χ2v) is 7.58. The SMILES string of the molecule is COc1cccc(NC2NCNn3ccc(CN4CCC(N)C(C(=O)O)C4)c32)c1. The number of rotatable bonds is 6. The van der Waals surface area contributed by atoms with Crippen LogP contribution in [0.15, 0.2) is 36.5 Å². The van der Waals surface area contributed by atoms with Crippen LogP contribution in [0.5, 0.6) is 5.75 Å². The number of nitrogens with one attached hydrogen (secondary N) is 3. The topological polar surface area (TPSA) is 117 Å². The molecule has 2 aliphatic heterocycles. The molecular formula is C20H28N6O3. The zero-order valence-corrected chi connectivity index (χ0v) is 16.5. The summed E-state index contributed by atoms with van der Waals surface area (Å²) in [4.78, 5) is 13.7. The van der Waals surface area contributed by atoms with E-state index in [1.165, 1.54) is 0 Å². The van der Waals surface area contributed by atoms with Gasteiger partial charge in [-0.1, -0.05) is 6.07 Å². The molecule has 2 aliphatic rings. The molecule has 1 aromatic carbocycles. The average molecular weight is 400 g/mol. The van der Waals surface area contributed by atoms with Crippen LogP contribution in [0.4, 0.5) is 5.69 Å². The first kappa shape index (κ1) is 19.6. The predicted molar refractivity (Wildman–Crippen MR) is 110 cm³/mol. The molecule has 6 N–H and O–H groups in total. The Hall–Kier alpha value is -2.75. The van der Waals surface area contributed by atoms with Crippen LogP contribution >= 0.6 is 0 Å². The summed E-state index contributed by atoms with van der Waals surface area (Å²) >= 11 is 0. The van der Waals surface area contributed by atoms with Crippen LogP contribution < -0.4 is 26.5 Å². The van der Waals surface area contributed by atoms with Crippen molar-refractivity contribution in [1.82, 2.24) is 14.9 Å². The van der Waals surface area contributed by atoms with Gasteiger partial charge >= 0.3 is 5.97 Å². The van der Waals surface area contributed by atoms with E-state index in [1.807, 2.05) is 35.1 Å². The fraction of sp³-hybridized carbons (Fsp3) is 0.450. The third-order valence-electron chi connectivity index (χ3n) is 5.68. The minimum absolute atomic E-state index is 0.0873. The van der Waals surface area contributed by atoms with E-state index in [0.717, 1.165) is 29.2 Å². The van der Waals surface area contributed by atoms with Crippen LogP contribution in [0.2, 0.25) is 0 Å². The maximum absolute atomic E-state index is 11.5. The van der Waals surface area contributed by atoms with Gasteiger partial charge in [0.1, 0.15) is 11.9 Å². The van der Waals surface area contributed by atoms with Crippen LogP contribution in [0, 0.1) is 5.92 Å². The van der Waals surface area contributed by atoms with Gasteiger partial charge in [-0.25, -0.2) is 0 Å². The molecule has 0 radical (unpaired) electrons. The van der Waals surface area contributed by atoms with Crippen LogP contribution in [0.3, 0.4) is 0 Å². The number of methoxy groups -OCH3 is 1. The molecule has 3 heterocycles. The molecule has 2 aromatic rings. The molecule has 0 saturated carbocycles. The van der Waals surface area contributed by atoms with Crippen LogP contribution in [-0.4, -0.2) is 53.6 Å². The fourth-order valence-electron chi connectivity index (χ4n) is 4.09. The van der Waals surface area contributed by atoms with Gasteiger partial charge in [0.05, 0.1) is 25.4 Å². The minimum Gasteiger partial charge on any atom is -0.497 e. The molecule has 9 nitrogen and oxygen atoms in total. The molecule has 9 heteroatoms. The first-order chi connectivity index (χ1) is 14.0. The van der Waals surface area contributed by atoms with E-state index in [2.05, 4.69) is 27.0 Å². The highest BCUT2D eigenvalue weighted by molar-refractivity contribution is 5.71. The Morgan fingerprint density at radius 3 is 3.07 bits per heavy atom. The number of nitrogens with zero attached hydrogens (tertiary/aromatic N) is 2. The van der Waals surface area contributed by atoms with Crippen molar-refractivity contribution in [2.45, 2.75) is 25.2 Å². The summed E-state index contributed by atoms with van der Waals surface area (Å²) in [5.74, 6) is -0.546. The number of nitrogens with two attached hydrogens (primary N) is 1. The lowest BCUT2D eigenvalue weighted by Crippen LogP contribution is -2.50. The summed E-state index contributed by atoms with van der Waals surface area (Å²) in [6.45, 7) is 2.57. The number of piperidine rings is 1. The van der Waals surface area contributed by atoms with Crippen molar-refractivity contribution in [2.24, 2.45) is 11.7 Å². The van der Waals surface area contributed by atoms with Crippen LogP contribution in [-0.2, 0) is 11.3 Å². The maximum atomic E-state index is 11.5. The number of anilines is 1. The third-order valence-corrected chi connectivity index (χ3v) is 5.68. The van der Waals surface area contributed by atoms with Crippen molar-refractivity contribution < 1.29 is 14.6 Å². The molecule has 0 aliphatic carbocycles. The second kappa shape index (κ2) is 8.32. The molecule has 0 amide bonds. The van der Waals surface area contributed by atoms with Crippen LogP contribution in [0.1, 0.15) is 23.8 Å². The predicted octanol–water partition coefficient (Wildman–Crippen LogP) is 0.945. The van der Waals surface area contributed by atoms with Gasteiger partial charge in [-0.15, -0.1) is 0 Å². The number of carbonyl (C=O) groups is 1. The van der Waals surface area contributed by atoms with Gasteiger partial charge in [0.2, 0.25) is 0 Å². The van der Waals surface area contributed by atoms with E-state index >= 15 is 0 Å². The summed E-state index contributed by atoms with van der Waals surface area (Å²) in [6.07, 6.45) is 2.61. The number of aliphatic carboxylic acids is 1. The first-order valence-corrected chi connectivity index (χ1v) is 9.84. The maximum Gasteiger partial charge on any atom is 0.309 e. The van der Waals surface area contributed by atoms with E-state index in [0.29, 0.717) is 26.2 Å². The standard InChI is InChI=1S/C20H28N6O3/c1-29-15-4-2-3-14(9-15)24-19-18-13(5-8-26(18)23-12-22-19)10-25-7-6-17(21)16(11-25)20(27)28/h2-5,8-9,16-17,19,22-24H,6-7,10-12,21H2,1H3,(H,27,28). The van der Waals surface area contributed by atoms with Crippen molar-refractivity contribution in [1.29, 1.82) is 0 Å². The number of likely N-dealkylation sites (tertiary alicyclic amines) is 1. The molecule has 3 unspecified atom stereocenters. The summed E-state index contributed by atoms with van der Waals surface area (Å²) in [5.41, 5.74) is 12.5. The molecule has 1 saturated heterocycles. The van der Waals surface area contributed by atoms with Gasteiger partial charge in [-0.2, -0.15) is 0 Å². The third kappa shape index (κ3) is 4.16. The minimum atomic E-state index is -0.818. The van der Waals surface area contributed by atoms with Crippen LogP contribution in [0.25, 0.3) is 0 Å². The van der Waals surface area contributed by atoms with Crippen molar-refractivity contribution in [3.05, 3.63) is 47.8 Å². The molecule has 3 atom stereocenters. The second-order valence-electron chi connectivity index (χ2n) is 7.58. The monoisotopic (exact) mass is 400 g/mol. The number of aromatic nitrogens is 1. The Morgan fingerprint density at radius 2 is 2.28 bits per heavy atom. The van der Waals surface area contributed by atoms with Gasteiger partial charge in [0.25, 0.3) is 0 Å². The van der Waals surface area contributed by atoms with Crippen molar-refractivity contribution in [3.63, 3.8) is 0 Å². The number of hydrogen-bond acceptors (Lipinski definition) is 7. The number of hydrogen-bond donors (Lipinski definition) is 5. The first-order valence-electron chi connectivity index (χ1n) is 9.84. The van der Waals surface area contributed by atoms with E-state index < -0.39 is 11.9 Å². The van der Waals surface area contributed by atoms with E-state index in [9.17, 15) is 9.90 Å². The molecular weight excluding hydrogens is 372 g/mol. The number of carboxylic acids is 1. The van der Waals surface area contributed by atoms with E-state index in [1.54, 1.807) is 7.11 Å². The molecule has 1 fully saturated rings. The van der Waals surface area contributed by atoms with Crippen molar-refractivity contribution >= 4 is 11.7 Å².